The Bertz CT molecular complexity index is 262. The summed E-state index contributed by atoms with van der Waals surface area (Å²) >= 11 is 0. The number of rotatable bonds is 1. The average molecular weight is 133 g/mol. The molecular formula is C7H7N3. The summed E-state index contributed by atoms with van der Waals surface area (Å²) in [6.07, 6.45) is 8.31. The van der Waals surface area contributed by atoms with E-state index in [0.717, 1.165) is 11.3 Å². The second kappa shape index (κ2) is 2.85. The van der Waals surface area contributed by atoms with Crippen LogP contribution in [0.5, 0.6) is 0 Å². The Morgan fingerprint density at radius 1 is 1.60 bits per heavy atom. The molecule has 3 heteroatoms. The van der Waals surface area contributed by atoms with Crippen molar-refractivity contribution in [1.29, 1.82) is 0 Å². The molecule has 3 N–H and O–H groups in total. The van der Waals surface area contributed by atoms with Crippen molar-refractivity contribution in [2.24, 2.45) is 5.84 Å². The first kappa shape index (κ1) is 6.59. The molecule has 0 aliphatic carbocycles. The van der Waals surface area contributed by atoms with Crippen LogP contribution in [0.15, 0.2) is 18.5 Å². The highest BCUT2D eigenvalue weighted by atomic mass is 15.2. The summed E-state index contributed by atoms with van der Waals surface area (Å²) in [4.78, 5) is 3.84. The Labute approximate surface area is 59.2 Å². The van der Waals surface area contributed by atoms with Gasteiger partial charge in [0, 0.05) is 11.8 Å². The lowest BCUT2D eigenvalue weighted by Gasteiger charge is -1.96. The second-order valence-corrected chi connectivity index (χ2v) is 1.75. The van der Waals surface area contributed by atoms with Crippen LogP contribution in [0, 0.1) is 12.3 Å². The Hall–Kier alpha value is -1.53. The number of hydrazine groups is 1. The van der Waals surface area contributed by atoms with Crippen LogP contribution in [0.1, 0.15) is 5.56 Å². The molecule has 0 radical (unpaired) electrons. The van der Waals surface area contributed by atoms with Crippen LogP contribution in [-0.4, -0.2) is 4.98 Å². The van der Waals surface area contributed by atoms with Crippen molar-refractivity contribution in [3.63, 3.8) is 0 Å². The molecule has 0 unspecified atom stereocenters. The summed E-state index contributed by atoms with van der Waals surface area (Å²) < 4.78 is 0. The zero-order chi connectivity index (χ0) is 7.40. The molecule has 0 aliphatic heterocycles. The lowest BCUT2D eigenvalue weighted by molar-refractivity contribution is 1.26. The highest BCUT2D eigenvalue weighted by Crippen LogP contribution is 2.04. The number of terminal acetylenes is 1. The van der Waals surface area contributed by atoms with Crippen molar-refractivity contribution in [3.05, 3.63) is 24.0 Å². The quantitative estimate of drug-likeness (QED) is 0.330. The molecule has 3 nitrogen and oxygen atoms in total. The number of hydrogen-bond acceptors (Lipinski definition) is 3. The molecule has 0 fully saturated rings. The van der Waals surface area contributed by atoms with Gasteiger partial charge in [-0.3, -0.25) is 10.8 Å². The van der Waals surface area contributed by atoms with Crippen LogP contribution in [0.3, 0.4) is 0 Å². The smallest absolute Gasteiger partial charge is 0.0681 e. The molecule has 0 amide bonds. The van der Waals surface area contributed by atoms with Crippen molar-refractivity contribution in [3.8, 4) is 12.3 Å². The maximum absolute atomic E-state index is 5.11. The largest absolute Gasteiger partial charge is 0.323 e. The van der Waals surface area contributed by atoms with E-state index in [4.69, 9.17) is 12.3 Å². The first-order valence-corrected chi connectivity index (χ1v) is 2.75. The lowest BCUT2D eigenvalue weighted by atomic mass is 10.3. The molecule has 1 rings (SSSR count). The first-order chi connectivity index (χ1) is 4.86. The van der Waals surface area contributed by atoms with Gasteiger partial charge in [-0.25, -0.2) is 0 Å². The topological polar surface area (TPSA) is 50.9 Å². The lowest BCUT2D eigenvalue weighted by Crippen LogP contribution is -2.06. The van der Waals surface area contributed by atoms with E-state index < -0.39 is 0 Å². The summed E-state index contributed by atoms with van der Waals surface area (Å²) in [7, 11) is 0. The van der Waals surface area contributed by atoms with E-state index in [9.17, 15) is 0 Å². The van der Waals surface area contributed by atoms with E-state index in [2.05, 4.69) is 16.3 Å². The van der Waals surface area contributed by atoms with Gasteiger partial charge in [-0.2, -0.15) is 0 Å². The van der Waals surface area contributed by atoms with Crippen LogP contribution < -0.4 is 11.3 Å². The van der Waals surface area contributed by atoms with E-state index in [1.165, 1.54) is 0 Å². The summed E-state index contributed by atoms with van der Waals surface area (Å²) in [5.41, 5.74) is 3.88. The molecule has 0 spiro atoms. The highest BCUT2D eigenvalue weighted by Gasteiger charge is 1.88. The Balaban J connectivity index is 3.01. The number of pyridine rings is 1. The van der Waals surface area contributed by atoms with Crippen molar-refractivity contribution >= 4 is 5.69 Å². The average Bonchev–Trinajstić information content (AvgIpc) is 2.05. The van der Waals surface area contributed by atoms with E-state index in [0.29, 0.717) is 0 Å². The van der Waals surface area contributed by atoms with Crippen LogP contribution in [0.4, 0.5) is 5.69 Å². The minimum atomic E-state index is 0.718. The SMILES string of the molecule is C#Cc1cncc(NN)c1. The number of anilines is 1. The Kier molecular flexibility index (Phi) is 1.88. The number of nitrogens with zero attached hydrogens (tertiary/aromatic N) is 1. The Morgan fingerprint density at radius 3 is 3.00 bits per heavy atom. The highest BCUT2D eigenvalue weighted by molar-refractivity contribution is 5.45. The van der Waals surface area contributed by atoms with Gasteiger partial charge in [0.05, 0.1) is 11.9 Å². The van der Waals surface area contributed by atoms with E-state index in [-0.39, 0.29) is 0 Å². The van der Waals surface area contributed by atoms with Crippen molar-refractivity contribution < 1.29 is 0 Å². The van der Waals surface area contributed by atoms with Crippen molar-refractivity contribution in [2.75, 3.05) is 5.43 Å². The molecule has 0 aromatic carbocycles. The predicted molar refractivity (Wildman–Crippen MR) is 40.0 cm³/mol. The number of nitrogens with two attached hydrogens (primary N) is 1. The fourth-order valence-corrected chi connectivity index (χ4v) is 0.598. The number of nitrogen functional groups attached to an aromatic ring is 1. The van der Waals surface area contributed by atoms with Gasteiger partial charge in [0.1, 0.15) is 0 Å². The molecule has 0 aliphatic rings. The van der Waals surface area contributed by atoms with Gasteiger partial charge in [-0.15, -0.1) is 6.42 Å². The molecule has 1 aromatic heterocycles. The molecule has 0 saturated carbocycles. The van der Waals surface area contributed by atoms with Crippen LogP contribution in [-0.2, 0) is 0 Å². The maximum Gasteiger partial charge on any atom is 0.0681 e. The molecular weight excluding hydrogens is 126 g/mol. The van der Waals surface area contributed by atoms with Crippen LogP contribution >= 0.6 is 0 Å². The van der Waals surface area contributed by atoms with Crippen molar-refractivity contribution in [2.45, 2.75) is 0 Å². The fourth-order valence-electron chi connectivity index (χ4n) is 0.598. The summed E-state index contributed by atoms with van der Waals surface area (Å²) in [6.45, 7) is 0. The van der Waals surface area contributed by atoms with Gasteiger partial charge in [-0.05, 0) is 6.07 Å². The zero-order valence-corrected chi connectivity index (χ0v) is 5.33. The van der Waals surface area contributed by atoms with Gasteiger partial charge >= 0.3 is 0 Å². The van der Waals surface area contributed by atoms with E-state index in [1.807, 2.05) is 0 Å². The Morgan fingerprint density at radius 2 is 2.40 bits per heavy atom. The minimum Gasteiger partial charge on any atom is -0.323 e. The zero-order valence-electron chi connectivity index (χ0n) is 5.33. The molecule has 0 saturated heterocycles. The molecule has 50 valence electrons. The van der Waals surface area contributed by atoms with Gasteiger partial charge < -0.3 is 5.43 Å². The van der Waals surface area contributed by atoms with E-state index in [1.54, 1.807) is 18.5 Å². The standard InChI is InChI=1S/C7H7N3/c1-2-6-3-7(10-8)5-9-4-6/h1,3-5,10H,8H2. The summed E-state index contributed by atoms with van der Waals surface area (Å²) in [6, 6.07) is 1.74. The number of nitrogens with one attached hydrogen (secondary N) is 1. The number of aromatic nitrogens is 1. The summed E-state index contributed by atoms with van der Waals surface area (Å²) in [5, 5.41) is 0. The normalized spacial score (nSPS) is 8.40. The van der Waals surface area contributed by atoms with Gasteiger partial charge in [0.15, 0.2) is 0 Å². The molecule has 0 bridgehead atoms. The van der Waals surface area contributed by atoms with Crippen molar-refractivity contribution in [1.82, 2.24) is 4.98 Å². The third kappa shape index (κ3) is 1.24. The van der Waals surface area contributed by atoms with Gasteiger partial charge in [0.25, 0.3) is 0 Å². The maximum atomic E-state index is 5.11. The third-order valence-electron chi connectivity index (χ3n) is 1.07. The van der Waals surface area contributed by atoms with Gasteiger partial charge in [0.2, 0.25) is 0 Å². The van der Waals surface area contributed by atoms with Crippen LogP contribution in [0.25, 0.3) is 0 Å². The molecule has 1 aromatic rings. The third-order valence-corrected chi connectivity index (χ3v) is 1.07. The first-order valence-electron chi connectivity index (χ1n) is 2.75. The van der Waals surface area contributed by atoms with Gasteiger partial charge in [-0.1, -0.05) is 5.92 Å². The molecule has 1 heterocycles. The minimum absolute atomic E-state index is 0.718. The summed E-state index contributed by atoms with van der Waals surface area (Å²) in [5.74, 6) is 7.56. The monoisotopic (exact) mass is 133 g/mol. The van der Waals surface area contributed by atoms with E-state index >= 15 is 0 Å². The predicted octanol–water partition coefficient (Wildman–Crippen LogP) is 0.348. The molecule has 10 heavy (non-hydrogen) atoms. The second-order valence-electron chi connectivity index (χ2n) is 1.75. The fraction of sp³-hybridized carbons (Fsp3) is 0. The van der Waals surface area contributed by atoms with Crippen LogP contribution in [0.2, 0.25) is 0 Å². The number of hydrogen-bond donors (Lipinski definition) is 2. The molecule has 0 atom stereocenters.